The van der Waals surface area contributed by atoms with Crippen molar-refractivity contribution in [3.05, 3.63) is 40.3 Å². The first-order chi connectivity index (χ1) is 9.74. The zero-order valence-electron chi connectivity index (χ0n) is 11.6. The number of nitrogens with zero attached hydrogens (tertiary/aromatic N) is 1. The van der Waals surface area contributed by atoms with Gasteiger partial charge in [0.05, 0.1) is 5.51 Å². The smallest absolute Gasteiger partial charge is 0.161 e. The number of hydrogen-bond acceptors (Lipinski definition) is 5. The van der Waals surface area contributed by atoms with Gasteiger partial charge in [0, 0.05) is 23.2 Å². The molecule has 0 saturated carbocycles. The molecule has 5 heteroatoms. The van der Waals surface area contributed by atoms with Crippen LogP contribution in [0.25, 0.3) is 0 Å². The van der Waals surface area contributed by atoms with Crippen LogP contribution in [0.3, 0.4) is 0 Å². The van der Waals surface area contributed by atoms with Crippen molar-refractivity contribution in [2.75, 3.05) is 13.2 Å². The first-order valence-corrected chi connectivity index (χ1v) is 7.66. The summed E-state index contributed by atoms with van der Waals surface area (Å²) in [5.41, 5.74) is 3.06. The summed E-state index contributed by atoms with van der Waals surface area (Å²) < 4.78 is 11.2. The minimum absolute atomic E-state index is 0.239. The summed E-state index contributed by atoms with van der Waals surface area (Å²) in [5, 5.41) is 3.58. The molecule has 1 aliphatic rings. The lowest BCUT2D eigenvalue weighted by Crippen LogP contribution is -2.22. The molecule has 1 aliphatic heterocycles. The second kappa shape index (κ2) is 5.81. The highest BCUT2D eigenvalue weighted by atomic mass is 32.1. The summed E-state index contributed by atoms with van der Waals surface area (Å²) in [6.07, 6.45) is 1.92. The van der Waals surface area contributed by atoms with Crippen LogP contribution in [0, 0.1) is 0 Å². The Hall–Kier alpha value is -1.59. The lowest BCUT2D eigenvalue weighted by Gasteiger charge is -2.22. The quantitative estimate of drug-likeness (QED) is 0.938. The number of rotatable bonds is 4. The van der Waals surface area contributed by atoms with Gasteiger partial charge in [-0.25, -0.2) is 0 Å². The lowest BCUT2D eigenvalue weighted by molar-refractivity contribution is 0.171. The normalized spacial score (nSPS) is 16.7. The largest absolute Gasteiger partial charge is 0.486 e. The summed E-state index contributed by atoms with van der Waals surface area (Å²) in [5.74, 6) is 1.68. The first kappa shape index (κ1) is 13.4. The van der Waals surface area contributed by atoms with Gasteiger partial charge in [-0.1, -0.05) is 6.07 Å². The molecule has 106 valence electrons. The summed E-state index contributed by atoms with van der Waals surface area (Å²) in [6, 6.07) is 6.66. The average Bonchev–Trinajstić information content (AvgIpc) is 3.01. The Morgan fingerprint density at radius 1 is 1.15 bits per heavy atom. The second-order valence-electron chi connectivity index (χ2n) is 4.92. The van der Waals surface area contributed by atoms with Crippen molar-refractivity contribution < 1.29 is 9.47 Å². The molecule has 1 aromatic carbocycles. The third-order valence-corrected chi connectivity index (χ3v) is 4.40. The highest BCUT2D eigenvalue weighted by molar-refractivity contribution is 7.09. The summed E-state index contributed by atoms with van der Waals surface area (Å²) >= 11 is 1.67. The predicted molar refractivity (Wildman–Crippen MR) is 79.5 cm³/mol. The fourth-order valence-corrected chi connectivity index (χ4v) is 2.96. The van der Waals surface area contributed by atoms with E-state index in [4.69, 9.17) is 9.47 Å². The Morgan fingerprint density at radius 2 is 1.95 bits per heavy atom. The van der Waals surface area contributed by atoms with E-state index in [0.717, 1.165) is 11.5 Å². The number of fused-ring (bicyclic) bond motifs is 1. The first-order valence-electron chi connectivity index (χ1n) is 6.78. The molecule has 0 fully saturated rings. The van der Waals surface area contributed by atoms with Crippen molar-refractivity contribution >= 4 is 11.3 Å². The van der Waals surface area contributed by atoms with Crippen LogP contribution < -0.4 is 14.8 Å². The van der Waals surface area contributed by atoms with Crippen LogP contribution in [0.5, 0.6) is 11.5 Å². The summed E-state index contributed by atoms with van der Waals surface area (Å²) in [7, 11) is 0. The molecule has 1 N–H and O–H groups in total. The Kier molecular flexibility index (Phi) is 3.89. The van der Waals surface area contributed by atoms with Gasteiger partial charge in [0.2, 0.25) is 0 Å². The van der Waals surface area contributed by atoms with Crippen LogP contribution in [0.15, 0.2) is 29.9 Å². The molecule has 0 saturated heterocycles. The minimum atomic E-state index is 0.239. The van der Waals surface area contributed by atoms with Crippen molar-refractivity contribution in [2.45, 2.75) is 25.9 Å². The Morgan fingerprint density at radius 3 is 2.70 bits per heavy atom. The number of aromatic nitrogens is 1. The van der Waals surface area contributed by atoms with Crippen molar-refractivity contribution in [3.63, 3.8) is 0 Å². The third kappa shape index (κ3) is 2.78. The molecule has 0 bridgehead atoms. The fourth-order valence-electron chi connectivity index (χ4n) is 2.32. The highest BCUT2D eigenvalue weighted by Gasteiger charge is 2.16. The maximum absolute atomic E-state index is 5.63. The monoisotopic (exact) mass is 290 g/mol. The van der Waals surface area contributed by atoms with Gasteiger partial charge in [0.25, 0.3) is 0 Å². The van der Waals surface area contributed by atoms with E-state index in [-0.39, 0.29) is 12.1 Å². The van der Waals surface area contributed by atoms with E-state index in [0.29, 0.717) is 13.2 Å². The molecule has 4 nitrogen and oxygen atoms in total. The molecule has 2 unspecified atom stereocenters. The fraction of sp³-hybridized carbons (Fsp3) is 0.400. The van der Waals surface area contributed by atoms with Gasteiger partial charge < -0.3 is 14.8 Å². The maximum Gasteiger partial charge on any atom is 0.161 e. The van der Waals surface area contributed by atoms with Gasteiger partial charge in [-0.15, -0.1) is 11.3 Å². The van der Waals surface area contributed by atoms with Gasteiger partial charge in [-0.05, 0) is 31.5 Å². The number of thiazole rings is 1. The second-order valence-corrected chi connectivity index (χ2v) is 5.83. The number of nitrogens with one attached hydrogen (secondary N) is 1. The zero-order chi connectivity index (χ0) is 13.9. The van der Waals surface area contributed by atoms with Crippen molar-refractivity contribution in [2.24, 2.45) is 0 Å². The lowest BCUT2D eigenvalue weighted by atomic mass is 10.1. The van der Waals surface area contributed by atoms with Gasteiger partial charge in [-0.2, -0.15) is 0 Å². The standard InChI is InChI=1S/C15H18N2O2S/c1-10(17-11(2)15-8-16-9-20-15)12-3-4-13-14(7-12)19-6-5-18-13/h3-4,7-11,17H,5-6H2,1-2H3. The molecule has 0 spiro atoms. The van der Waals surface area contributed by atoms with Gasteiger partial charge in [0.1, 0.15) is 13.2 Å². The van der Waals surface area contributed by atoms with Crippen LogP contribution in [0.2, 0.25) is 0 Å². The van der Waals surface area contributed by atoms with Crippen molar-refractivity contribution in [1.82, 2.24) is 10.3 Å². The van der Waals surface area contributed by atoms with E-state index < -0.39 is 0 Å². The molecule has 0 radical (unpaired) electrons. The van der Waals surface area contributed by atoms with Crippen LogP contribution >= 0.6 is 11.3 Å². The van der Waals surface area contributed by atoms with Crippen LogP contribution in [0.1, 0.15) is 36.4 Å². The van der Waals surface area contributed by atoms with Crippen LogP contribution in [0.4, 0.5) is 0 Å². The summed E-state index contributed by atoms with van der Waals surface area (Å²) in [4.78, 5) is 5.37. The Bertz CT molecular complexity index is 571. The topological polar surface area (TPSA) is 43.4 Å². The number of ether oxygens (including phenoxy) is 2. The summed E-state index contributed by atoms with van der Waals surface area (Å²) in [6.45, 7) is 5.56. The SMILES string of the molecule is CC(NC(C)c1cncs1)c1ccc2c(c1)OCCO2. The van der Waals surface area contributed by atoms with Gasteiger partial charge in [0.15, 0.2) is 11.5 Å². The molecule has 2 aromatic rings. The van der Waals surface area contributed by atoms with Crippen molar-refractivity contribution in [3.8, 4) is 11.5 Å². The Labute approximate surface area is 122 Å². The molecule has 1 aromatic heterocycles. The van der Waals surface area contributed by atoms with Crippen molar-refractivity contribution in [1.29, 1.82) is 0 Å². The Balaban J connectivity index is 1.72. The number of hydrogen-bond donors (Lipinski definition) is 1. The maximum atomic E-state index is 5.63. The highest BCUT2D eigenvalue weighted by Crippen LogP contribution is 2.33. The minimum Gasteiger partial charge on any atom is -0.486 e. The van der Waals surface area contributed by atoms with Gasteiger partial charge >= 0.3 is 0 Å². The van der Waals surface area contributed by atoms with E-state index in [9.17, 15) is 0 Å². The van der Waals surface area contributed by atoms with Crippen LogP contribution in [-0.4, -0.2) is 18.2 Å². The molecular formula is C15H18N2O2S. The molecule has 2 heterocycles. The van der Waals surface area contributed by atoms with Gasteiger partial charge in [-0.3, -0.25) is 4.98 Å². The van der Waals surface area contributed by atoms with E-state index in [1.807, 2.05) is 17.8 Å². The van der Waals surface area contributed by atoms with E-state index >= 15 is 0 Å². The van der Waals surface area contributed by atoms with Crippen LogP contribution in [-0.2, 0) is 0 Å². The van der Waals surface area contributed by atoms with E-state index in [1.165, 1.54) is 10.4 Å². The molecular weight excluding hydrogens is 272 g/mol. The molecule has 3 rings (SSSR count). The predicted octanol–water partition coefficient (Wildman–Crippen LogP) is 3.33. The molecule has 2 atom stereocenters. The molecule has 20 heavy (non-hydrogen) atoms. The van der Waals surface area contributed by atoms with E-state index in [1.54, 1.807) is 11.3 Å². The van der Waals surface area contributed by atoms with E-state index in [2.05, 4.69) is 36.3 Å². The third-order valence-electron chi connectivity index (χ3n) is 3.44. The number of benzene rings is 1. The average molecular weight is 290 g/mol. The molecule has 0 amide bonds. The zero-order valence-corrected chi connectivity index (χ0v) is 12.4. The molecule has 0 aliphatic carbocycles.